The van der Waals surface area contributed by atoms with Crippen molar-refractivity contribution in [1.82, 2.24) is 0 Å². The maximum atomic E-state index is 8.49. The average molecular weight is 443 g/mol. The molecule has 0 saturated carbocycles. The smallest absolute Gasteiger partial charge is 0.296 e. The van der Waals surface area contributed by atoms with Crippen molar-refractivity contribution < 1.29 is 38.2 Å². The number of ether oxygens (including phenoxy) is 1. The summed E-state index contributed by atoms with van der Waals surface area (Å²) in [5.74, 6) is 1.63. The molecule has 0 unspecified atom stereocenters. The zero-order valence-corrected chi connectivity index (χ0v) is 17.8. The van der Waals surface area contributed by atoms with E-state index in [9.17, 15) is 0 Å². The summed E-state index contributed by atoms with van der Waals surface area (Å²) in [5, 5.41) is 1.14. The zero-order valence-electron chi connectivity index (χ0n) is 15.4. The first-order chi connectivity index (χ1) is 13.2. The number of nitrogens with zero attached hydrogens (tertiary/aromatic N) is 1. The molecule has 3 rings (SSSR count). The second-order valence-electron chi connectivity index (χ2n) is 5.45. The summed E-state index contributed by atoms with van der Waals surface area (Å²) in [5.41, 5.74) is 8.62. The number of methoxy groups -OCH3 is 1. The van der Waals surface area contributed by atoms with Crippen LogP contribution in [0.25, 0.3) is 16.1 Å². The Morgan fingerprint density at radius 3 is 2.21 bits per heavy atom. The monoisotopic (exact) mass is 442 g/mol. The van der Waals surface area contributed by atoms with E-state index in [0.717, 1.165) is 37.6 Å². The summed E-state index contributed by atoms with van der Waals surface area (Å²) in [6.45, 7) is 2.09. The van der Waals surface area contributed by atoms with Gasteiger partial charge in [0, 0.05) is 23.4 Å². The fraction of sp³-hybridized carbons (Fsp3) is 0.167. The van der Waals surface area contributed by atoms with Gasteiger partial charge in [-0.3, -0.25) is 5.73 Å². The predicted octanol–water partition coefficient (Wildman–Crippen LogP) is -0.443. The third-order valence-electron chi connectivity index (χ3n) is 3.70. The Labute approximate surface area is 173 Å². The number of anilines is 1. The van der Waals surface area contributed by atoms with Crippen LogP contribution in [0.5, 0.6) is 5.75 Å². The fourth-order valence-electron chi connectivity index (χ4n) is 2.60. The first-order valence-electron chi connectivity index (χ1n) is 7.86. The van der Waals surface area contributed by atoms with E-state index in [4.69, 9.17) is 29.1 Å². The Bertz CT molecular complexity index is 924. The number of nitrogen functional groups attached to an aromatic ring is 1. The SMILES string of the molecule is COc1cc(-[n+]2c(C)sc(-c3ccccc3)c2N)ccc1SC.[O-][Cl+3]([O-])([O-])[O-]. The molecule has 0 aliphatic rings. The van der Waals surface area contributed by atoms with Crippen molar-refractivity contribution in [3.8, 4) is 21.9 Å². The molecule has 7 nitrogen and oxygen atoms in total. The molecular weight excluding hydrogens is 424 g/mol. The number of halogens is 1. The van der Waals surface area contributed by atoms with Crippen LogP contribution >= 0.6 is 23.1 Å². The van der Waals surface area contributed by atoms with Crippen molar-refractivity contribution in [2.24, 2.45) is 0 Å². The number of aromatic nitrogens is 1. The number of nitrogens with two attached hydrogens (primary N) is 1. The first-order valence-corrected chi connectivity index (χ1v) is 11.1. The van der Waals surface area contributed by atoms with E-state index in [1.54, 1.807) is 30.2 Å². The predicted molar refractivity (Wildman–Crippen MR) is 98.8 cm³/mol. The van der Waals surface area contributed by atoms with Gasteiger partial charge in [0.15, 0.2) is 5.01 Å². The van der Waals surface area contributed by atoms with Crippen LogP contribution < -0.4 is 33.7 Å². The normalized spacial score (nSPS) is 11.0. The maximum absolute atomic E-state index is 8.49. The number of rotatable bonds is 4. The molecule has 1 aromatic heterocycles. The minimum atomic E-state index is -4.94. The van der Waals surface area contributed by atoms with E-state index in [1.165, 1.54) is 0 Å². The minimum absolute atomic E-state index is 0.762. The van der Waals surface area contributed by atoms with Crippen molar-refractivity contribution in [2.75, 3.05) is 19.1 Å². The van der Waals surface area contributed by atoms with Gasteiger partial charge in [0.1, 0.15) is 16.3 Å². The van der Waals surface area contributed by atoms with Gasteiger partial charge in [-0.15, -0.1) is 22.0 Å². The summed E-state index contributed by atoms with van der Waals surface area (Å²) in [7, 11) is -3.25. The van der Waals surface area contributed by atoms with Crippen LogP contribution in [0.4, 0.5) is 5.82 Å². The van der Waals surface area contributed by atoms with Crippen molar-refractivity contribution in [1.29, 1.82) is 0 Å². The molecular formula is C18H19ClN2O5S2. The molecule has 0 saturated heterocycles. The lowest BCUT2D eigenvalue weighted by Crippen LogP contribution is -2.68. The van der Waals surface area contributed by atoms with Gasteiger partial charge in [0.05, 0.1) is 7.11 Å². The molecule has 2 aromatic carbocycles. The topological polar surface area (TPSA) is 131 Å². The Morgan fingerprint density at radius 2 is 1.68 bits per heavy atom. The molecule has 10 heteroatoms. The highest BCUT2D eigenvalue weighted by Crippen LogP contribution is 2.33. The maximum Gasteiger partial charge on any atom is 0.296 e. The van der Waals surface area contributed by atoms with Gasteiger partial charge in [-0.2, -0.15) is 4.57 Å². The summed E-state index contributed by atoms with van der Waals surface area (Å²) >= 11 is 3.38. The van der Waals surface area contributed by atoms with E-state index in [1.807, 2.05) is 30.5 Å². The number of thioether (sulfide) groups is 1. The highest BCUT2D eigenvalue weighted by molar-refractivity contribution is 7.98. The van der Waals surface area contributed by atoms with Crippen molar-refractivity contribution >= 4 is 28.9 Å². The van der Waals surface area contributed by atoms with Crippen molar-refractivity contribution in [3.63, 3.8) is 0 Å². The zero-order chi connectivity index (χ0) is 20.9. The average Bonchev–Trinajstić information content (AvgIpc) is 2.95. The van der Waals surface area contributed by atoms with Gasteiger partial charge < -0.3 is 4.74 Å². The van der Waals surface area contributed by atoms with Crippen LogP contribution in [0, 0.1) is 17.2 Å². The molecule has 0 radical (unpaired) electrons. The quantitative estimate of drug-likeness (QED) is 0.427. The van der Waals surface area contributed by atoms with Gasteiger partial charge >= 0.3 is 0 Å². The third-order valence-corrected chi connectivity index (χ3v) is 5.60. The van der Waals surface area contributed by atoms with E-state index in [0.29, 0.717) is 0 Å². The van der Waals surface area contributed by atoms with E-state index >= 15 is 0 Å². The van der Waals surface area contributed by atoms with E-state index in [2.05, 4.69) is 35.8 Å². The lowest BCUT2D eigenvalue weighted by molar-refractivity contribution is -2.00. The number of benzene rings is 2. The molecule has 3 aromatic rings. The second-order valence-corrected chi connectivity index (χ2v) is 8.26. The lowest BCUT2D eigenvalue weighted by atomic mass is 10.2. The second kappa shape index (κ2) is 9.57. The van der Waals surface area contributed by atoms with Gasteiger partial charge in [0.2, 0.25) is 0 Å². The molecule has 0 amide bonds. The summed E-state index contributed by atoms with van der Waals surface area (Å²) in [6.07, 6.45) is 2.04. The molecule has 150 valence electrons. The summed E-state index contributed by atoms with van der Waals surface area (Å²) in [6, 6.07) is 16.4. The van der Waals surface area contributed by atoms with Crippen LogP contribution in [0.3, 0.4) is 0 Å². The van der Waals surface area contributed by atoms with Crippen molar-refractivity contribution in [2.45, 2.75) is 11.8 Å². The lowest BCUT2D eigenvalue weighted by Gasteiger charge is -2.17. The van der Waals surface area contributed by atoms with Crippen LogP contribution in [0.1, 0.15) is 5.01 Å². The molecule has 2 N–H and O–H groups in total. The summed E-state index contributed by atoms with van der Waals surface area (Å²) in [4.78, 5) is 2.21. The number of hydrogen-bond donors (Lipinski definition) is 1. The number of aryl methyl sites for hydroxylation is 1. The van der Waals surface area contributed by atoms with Gasteiger partial charge in [-0.1, -0.05) is 41.7 Å². The molecule has 0 aliphatic heterocycles. The molecule has 0 spiro atoms. The number of thiazole rings is 1. The van der Waals surface area contributed by atoms with Gasteiger partial charge in [0.25, 0.3) is 5.82 Å². The number of hydrogen-bond acceptors (Lipinski definition) is 8. The molecule has 0 atom stereocenters. The molecule has 0 fully saturated rings. The molecule has 0 aliphatic carbocycles. The largest absolute Gasteiger partial charge is 0.495 e. The van der Waals surface area contributed by atoms with Crippen LogP contribution in [-0.2, 0) is 0 Å². The Balaban J connectivity index is 0.000000500. The van der Waals surface area contributed by atoms with Crippen molar-refractivity contribution in [3.05, 3.63) is 53.5 Å². The highest BCUT2D eigenvalue weighted by atomic mass is 35.7. The fourth-order valence-corrected chi connectivity index (χ4v) is 4.19. The Hall–Kier alpha value is -1.85. The summed E-state index contributed by atoms with van der Waals surface area (Å²) < 4.78 is 41.6. The highest BCUT2D eigenvalue weighted by Gasteiger charge is 2.22. The van der Waals surface area contributed by atoms with Crippen LogP contribution in [0.15, 0.2) is 53.4 Å². The Morgan fingerprint density at radius 1 is 1.07 bits per heavy atom. The minimum Gasteiger partial charge on any atom is -0.495 e. The van der Waals surface area contributed by atoms with E-state index < -0.39 is 10.2 Å². The molecule has 28 heavy (non-hydrogen) atoms. The first kappa shape index (κ1) is 22.4. The third kappa shape index (κ3) is 5.82. The van der Waals surface area contributed by atoms with Crippen LogP contribution in [0.2, 0.25) is 0 Å². The van der Waals surface area contributed by atoms with Crippen LogP contribution in [-0.4, -0.2) is 13.4 Å². The van der Waals surface area contributed by atoms with Gasteiger partial charge in [-0.05, 0) is 18.4 Å². The molecule has 0 bridgehead atoms. The molecule has 1 heterocycles. The van der Waals surface area contributed by atoms with E-state index in [-0.39, 0.29) is 0 Å². The Kier molecular flexibility index (Phi) is 7.67. The standard InChI is InChI=1S/C18H19N2OS2.ClHO4/c1-12-20(14-9-10-16(22-3)15(11-14)21-2)18(19)17(23-12)13-7-5-4-6-8-13;2-1(3,4)5/h4-11H,19H2,1-3H3;(H,2,3,4,5)/q+1;/p-1. The van der Waals surface area contributed by atoms with Gasteiger partial charge in [-0.25, -0.2) is 18.6 Å².